The molecular formula is C20H18N6O3S. The number of hydrogen-bond acceptors (Lipinski definition) is 8. The first kappa shape index (κ1) is 18.4. The van der Waals surface area contributed by atoms with Crippen LogP contribution in [-0.2, 0) is 0 Å². The van der Waals surface area contributed by atoms with E-state index in [0.717, 1.165) is 47.7 Å². The average molecular weight is 422 g/mol. The Morgan fingerprint density at radius 2 is 1.77 bits per heavy atom. The van der Waals surface area contributed by atoms with Gasteiger partial charge in [-0.2, -0.15) is 0 Å². The summed E-state index contributed by atoms with van der Waals surface area (Å²) in [6.07, 6.45) is 1.11. The summed E-state index contributed by atoms with van der Waals surface area (Å²) >= 11 is 1.69. The Kier molecular flexibility index (Phi) is 4.28. The van der Waals surface area contributed by atoms with E-state index in [4.69, 9.17) is 15.9 Å². The first-order valence-corrected chi connectivity index (χ1v) is 10.2. The largest absolute Gasteiger partial charge is 0.477 e. The zero-order valence-corrected chi connectivity index (χ0v) is 16.7. The number of benzene rings is 1. The maximum atomic E-state index is 12.4. The Hall–Kier alpha value is -3.66. The minimum atomic E-state index is -1.31. The SMILES string of the molecule is Nn1cc(C(=O)O)c(=O)c2ccc(N3CCN(c4nc5ccccc5s4)CC3)nc21. The number of anilines is 2. The van der Waals surface area contributed by atoms with Crippen LogP contribution in [0.15, 0.2) is 47.4 Å². The molecule has 1 aromatic carbocycles. The van der Waals surface area contributed by atoms with Crippen LogP contribution in [0, 0.1) is 0 Å². The molecule has 30 heavy (non-hydrogen) atoms. The highest BCUT2D eigenvalue weighted by atomic mass is 32.1. The number of rotatable bonds is 3. The van der Waals surface area contributed by atoms with Crippen LogP contribution in [0.3, 0.4) is 0 Å². The van der Waals surface area contributed by atoms with Crippen molar-refractivity contribution >= 4 is 49.5 Å². The van der Waals surface area contributed by atoms with E-state index in [0.29, 0.717) is 5.82 Å². The molecule has 0 aliphatic carbocycles. The van der Waals surface area contributed by atoms with Crippen molar-refractivity contribution in [3.8, 4) is 0 Å². The number of fused-ring (bicyclic) bond motifs is 2. The molecule has 0 atom stereocenters. The minimum absolute atomic E-state index is 0.189. The fourth-order valence-corrected chi connectivity index (χ4v) is 4.68. The predicted molar refractivity (Wildman–Crippen MR) is 117 cm³/mol. The van der Waals surface area contributed by atoms with Crippen molar-refractivity contribution in [3.05, 3.63) is 58.4 Å². The zero-order chi connectivity index (χ0) is 20.8. The second kappa shape index (κ2) is 6.99. The van der Waals surface area contributed by atoms with E-state index in [1.807, 2.05) is 18.2 Å². The van der Waals surface area contributed by atoms with Crippen molar-refractivity contribution in [2.75, 3.05) is 41.8 Å². The average Bonchev–Trinajstić information content (AvgIpc) is 3.20. The first-order valence-electron chi connectivity index (χ1n) is 9.41. The van der Waals surface area contributed by atoms with Gasteiger partial charge >= 0.3 is 5.97 Å². The maximum absolute atomic E-state index is 12.4. The Bertz CT molecular complexity index is 1310. The lowest BCUT2D eigenvalue weighted by atomic mass is 10.2. The molecule has 0 radical (unpaired) electrons. The van der Waals surface area contributed by atoms with Crippen molar-refractivity contribution in [2.24, 2.45) is 0 Å². The Balaban J connectivity index is 1.39. The van der Waals surface area contributed by atoms with E-state index in [1.165, 1.54) is 4.70 Å². The number of aromatic carboxylic acids is 1. The van der Waals surface area contributed by atoms with Crippen molar-refractivity contribution in [1.29, 1.82) is 0 Å². The number of nitrogens with zero attached hydrogens (tertiary/aromatic N) is 5. The van der Waals surface area contributed by atoms with Crippen LogP contribution >= 0.6 is 11.3 Å². The third-order valence-corrected chi connectivity index (χ3v) is 6.35. The van der Waals surface area contributed by atoms with Gasteiger partial charge in [0.15, 0.2) is 10.8 Å². The van der Waals surface area contributed by atoms with E-state index in [1.54, 1.807) is 23.5 Å². The molecule has 1 saturated heterocycles. The van der Waals surface area contributed by atoms with E-state index in [-0.39, 0.29) is 16.6 Å². The van der Waals surface area contributed by atoms with Gasteiger partial charge in [0.25, 0.3) is 0 Å². The molecule has 0 saturated carbocycles. The summed E-state index contributed by atoms with van der Waals surface area (Å²) in [6, 6.07) is 11.4. The van der Waals surface area contributed by atoms with E-state index < -0.39 is 11.4 Å². The molecule has 1 aliphatic rings. The lowest BCUT2D eigenvalue weighted by molar-refractivity contribution is 0.0695. The lowest BCUT2D eigenvalue weighted by Crippen LogP contribution is -2.46. The molecule has 3 aromatic heterocycles. The van der Waals surface area contributed by atoms with Crippen LogP contribution in [-0.4, -0.2) is 51.9 Å². The Morgan fingerprint density at radius 3 is 2.50 bits per heavy atom. The number of nitrogens with two attached hydrogens (primary N) is 1. The molecular weight excluding hydrogens is 404 g/mol. The molecule has 1 fully saturated rings. The van der Waals surface area contributed by atoms with Gasteiger partial charge in [0.1, 0.15) is 11.4 Å². The number of thiazole rings is 1. The zero-order valence-electron chi connectivity index (χ0n) is 15.9. The summed E-state index contributed by atoms with van der Waals surface area (Å²) in [7, 11) is 0. The molecule has 0 bridgehead atoms. The van der Waals surface area contributed by atoms with Crippen molar-refractivity contribution in [3.63, 3.8) is 0 Å². The summed E-state index contributed by atoms with van der Waals surface area (Å²) in [6.45, 7) is 3.09. The standard InChI is InChI=1S/C20H18N6O3S/c21-26-11-13(19(28)29)17(27)12-5-6-16(23-18(12)26)24-7-9-25(10-8-24)20-22-14-3-1-2-4-15(14)30-20/h1-6,11H,7-10,21H2,(H,28,29). The van der Waals surface area contributed by atoms with Crippen LogP contribution in [0.25, 0.3) is 21.3 Å². The number of carboxylic acid groups (broad SMARTS) is 1. The van der Waals surface area contributed by atoms with Crippen LogP contribution in [0.1, 0.15) is 10.4 Å². The predicted octanol–water partition coefficient (Wildman–Crippen LogP) is 1.74. The molecule has 0 amide bonds. The van der Waals surface area contributed by atoms with Crippen molar-refractivity contribution < 1.29 is 9.90 Å². The second-order valence-electron chi connectivity index (χ2n) is 7.06. The van der Waals surface area contributed by atoms with Gasteiger partial charge in [-0.3, -0.25) is 9.47 Å². The van der Waals surface area contributed by atoms with Crippen molar-refractivity contribution in [2.45, 2.75) is 0 Å². The number of piperazine rings is 1. The van der Waals surface area contributed by atoms with Crippen LogP contribution < -0.4 is 21.1 Å². The highest BCUT2D eigenvalue weighted by Gasteiger charge is 2.22. The Labute approximate surface area is 174 Å². The van der Waals surface area contributed by atoms with Gasteiger partial charge < -0.3 is 20.7 Å². The molecule has 1 aliphatic heterocycles. The van der Waals surface area contributed by atoms with Gasteiger partial charge in [0.2, 0.25) is 5.43 Å². The smallest absolute Gasteiger partial charge is 0.341 e. The minimum Gasteiger partial charge on any atom is -0.477 e. The summed E-state index contributed by atoms with van der Waals surface area (Å²) in [5, 5.41) is 10.4. The van der Waals surface area contributed by atoms with Gasteiger partial charge in [-0.25, -0.2) is 14.8 Å². The van der Waals surface area contributed by atoms with Crippen LogP contribution in [0.2, 0.25) is 0 Å². The van der Waals surface area contributed by atoms with Crippen LogP contribution in [0.5, 0.6) is 0 Å². The number of para-hydroxylation sites is 1. The summed E-state index contributed by atoms with van der Waals surface area (Å²) in [5.74, 6) is 5.31. The molecule has 4 heterocycles. The lowest BCUT2D eigenvalue weighted by Gasteiger charge is -2.35. The van der Waals surface area contributed by atoms with Crippen LogP contribution in [0.4, 0.5) is 10.9 Å². The molecule has 3 N–H and O–H groups in total. The van der Waals surface area contributed by atoms with E-state index in [9.17, 15) is 9.59 Å². The molecule has 10 heteroatoms. The van der Waals surface area contributed by atoms with E-state index >= 15 is 0 Å². The number of pyridine rings is 2. The van der Waals surface area contributed by atoms with Gasteiger partial charge in [0, 0.05) is 32.4 Å². The normalized spacial score (nSPS) is 14.5. The molecule has 0 unspecified atom stereocenters. The first-order chi connectivity index (χ1) is 14.5. The van der Waals surface area contributed by atoms with Gasteiger partial charge in [0.05, 0.1) is 15.6 Å². The molecule has 152 valence electrons. The number of carbonyl (C=O) groups is 1. The number of nitrogen functional groups attached to an aromatic ring is 1. The highest BCUT2D eigenvalue weighted by Crippen LogP contribution is 2.29. The summed E-state index contributed by atoms with van der Waals surface area (Å²) in [5.41, 5.74) is 0.316. The highest BCUT2D eigenvalue weighted by molar-refractivity contribution is 7.22. The molecule has 4 aromatic rings. The van der Waals surface area contributed by atoms with Gasteiger partial charge in [-0.1, -0.05) is 23.5 Å². The number of hydrogen-bond donors (Lipinski definition) is 2. The molecule has 5 rings (SSSR count). The second-order valence-corrected chi connectivity index (χ2v) is 8.07. The third kappa shape index (κ3) is 3.01. The maximum Gasteiger partial charge on any atom is 0.341 e. The monoisotopic (exact) mass is 422 g/mol. The Morgan fingerprint density at radius 1 is 1.03 bits per heavy atom. The third-order valence-electron chi connectivity index (χ3n) is 5.25. The number of carboxylic acids is 1. The van der Waals surface area contributed by atoms with E-state index in [2.05, 4.69) is 20.9 Å². The summed E-state index contributed by atoms with van der Waals surface area (Å²) < 4.78 is 2.27. The van der Waals surface area contributed by atoms with Gasteiger partial charge in [-0.05, 0) is 24.3 Å². The molecule has 0 spiro atoms. The number of aromatic nitrogens is 3. The fraction of sp³-hybridized carbons (Fsp3) is 0.200. The van der Waals surface area contributed by atoms with Crippen molar-refractivity contribution in [1.82, 2.24) is 14.6 Å². The molecule has 9 nitrogen and oxygen atoms in total. The quantitative estimate of drug-likeness (QED) is 0.480. The summed E-state index contributed by atoms with van der Waals surface area (Å²) in [4.78, 5) is 37.2. The fourth-order valence-electron chi connectivity index (χ4n) is 3.67. The topological polar surface area (TPSA) is 118 Å². The van der Waals surface area contributed by atoms with Gasteiger partial charge in [-0.15, -0.1) is 0 Å².